The van der Waals surface area contributed by atoms with Gasteiger partial charge in [-0.2, -0.15) is 0 Å². The van der Waals surface area contributed by atoms with Crippen LogP contribution < -0.4 is 10.6 Å². The lowest BCUT2D eigenvalue weighted by atomic mass is 10.0. The Labute approximate surface area is 160 Å². The van der Waals surface area contributed by atoms with Gasteiger partial charge in [-0.1, -0.05) is 30.3 Å². The van der Waals surface area contributed by atoms with Crippen LogP contribution in [0.1, 0.15) is 30.2 Å². The molecular weight excluding hydrogens is 338 g/mol. The van der Waals surface area contributed by atoms with Crippen molar-refractivity contribution in [3.8, 4) is 0 Å². The topological polar surface area (TPSA) is 69.6 Å². The van der Waals surface area contributed by atoms with Crippen molar-refractivity contribution in [2.24, 2.45) is 4.99 Å². The van der Waals surface area contributed by atoms with E-state index >= 15 is 0 Å². The Balaban J connectivity index is 1.57. The van der Waals surface area contributed by atoms with Crippen molar-refractivity contribution < 1.29 is 4.79 Å². The minimum atomic E-state index is -0.0725. The molecule has 1 aromatic carbocycles. The average molecular weight is 365 g/mol. The Morgan fingerprint density at radius 1 is 1.19 bits per heavy atom. The molecule has 6 heteroatoms. The van der Waals surface area contributed by atoms with Crippen LogP contribution >= 0.6 is 0 Å². The van der Waals surface area contributed by atoms with E-state index in [4.69, 9.17) is 0 Å². The van der Waals surface area contributed by atoms with Gasteiger partial charge in [-0.15, -0.1) is 0 Å². The number of aliphatic imine (C=N–C) groups is 1. The fourth-order valence-corrected chi connectivity index (χ4v) is 3.18. The summed E-state index contributed by atoms with van der Waals surface area (Å²) in [6.45, 7) is 6.99. The molecule has 1 aliphatic heterocycles. The summed E-state index contributed by atoms with van der Waals surface area (Å²) in [5.41, 5.74) is 3.64. The number of fused-ring (bicyclic) bond motifs is 1. The summed E-state index contributed by atoms with van der Waals surface area (Å²) in [4.78, 5) is 23.4. The lowest BCUT2D eigenvalue weighted by molar-refractivity contribution is -0.116. The number of amides is 1. The molecule has 0 fully saturated rings. The molecule has 0 bridgehead atoms. The highest BCUT2D eigenvalue weighted by Crippen LogP contribution is 2.18. The van der Waals surface area contributed by atoms with E-state index in [9.17, 15) is 4.79 Å². The number of benzene rings is 1. The predicted octanol–water partition coefficient (Wildman–Crippen LogP) is 2.74. The molecule has 0 aliphatic carbocycles. The Hall–Kier alpha value is -2.89. The lowest BCUT2D eigenvalue weighted by Crippen LogP contribution is -2.44. The van der Waals surface area contributed by atoms with Crippen molar-refractivity contribution in [2.45, 2.75) is 33.2 Å². The third-order valence-corrected chi connectivity index (χ3v) is 4.52. The molecular formula is C21H27N5O. The van der Waals surface area contributed by atoms with E-state index in [-0.39, 0.29) is 5.91 Å². The molecule has 2 heterocycles. The van der Waals surface area contributed by atoms with E-state index in [1.807, 2.05) is 19.1 Å². The van der Waals surface area contributed by atoms with E-state index < -0.39 is 0 Å². The van der Waals surface area contributed by atoms with Crippen molar-refractivity contribution in [3.05, 3.63) is 59.3 Å². The van der Waals surface area contributed by atoms with Crippen LogP contribution in [0.15, 0.2) is 47.5 Å². The average Bonchev–Trinajstić information content (AvgIpc) is 2.67. The van der Waals surface area contributed by atoms with Gasteiger partial charge in [0.2, 0.25) is 5.91 Å². The zero-order chi connectivity index (χ0) is 19.1. The SMILES string of the molecule is CCNC(=NCCC(=O)Nc1cccc(C)n1)N1CCc2ccccc2C1. The van der Waals surface area contributed by atoms with Gasteiger partial charge >= 0.3 is 0 Å². The summed E-state index contributed by atoms with van der Waals surface area (Å²) in [5, 5.41) is 6.17. The molecule has 1 aliphatic rings. The number of nitrogens with zero attached hydrogens (tertiary/aromatic N) is 3. The van der Waals surface area contributed by atoms with Crippen LogP contribution in [0.2, 0.25) is 0 Å². The van der Waals surface area contributed by atoms with Gasteiger partial charge in [-0.3, -0.25) is 9.79 Å². The predicted molar refractivity (Wildman–Crippen MR) is 109 cm³/mol. The van der Waals surface area contributed by atoms with Gasteiger partial charge in [-0.05, 0) is 43.5 Å². The molecule has 0 radical (unpaired) electrons. The number of aromatic nitrogens is 1. The van der Waals surface area contributed by atoms with Gasteiger partial charge in [0, 0.05) is 31.7 Å². The molecule has 2 N–H and O–H groups in total. The number of aryl methyl sites for hydroxylation is 1. The van der Waals surface area contributed by atoms with E-state index in [2.05, 4.69) is 56.7 Å². The Kier molecular flexibility index (Phi) is 6.41. The molecule has 1 amide bonds. The van der Waals surface area contributed by atoms with Crippen LogP contribution in [-0.4, -0.2) is 41.4 Å². The molecule has 2 aromatic rings. The second kappa shape index (κ2) is 9.16. The largest absolute Gasteiger partial charge is 0.357 e. The molecule has 0 unspecified atom stereocenters. The monoisotopic (exact) mass is 365 g/mol. The smallest absolute Gasteiger partial charge is 0.227 e. The van der Waals surface area contributed by atoms with Crippen LogP contribution in [0, 0.1) is 6.92 Å². The second-order valence-corrected chi connectivity index (χ2v) is 6.64. The molecule has 0 spiro atoms. The van der Waals surface area contributed by atoms with Crippen molar-refractivity contribution >= 4 is 17.7 Å². The maximum absolute atomic E-state index is 12.1. The third kappa shape index (κ3) is 5.29. The number of hydrogen-bond acceptors (Lipinski definition) is 3. The summed E-state index contributed by atoms with van der Waals surface area (Å²) in [7, 11) is 0. The van der Waals surface area contributed by atoms with Crippen molar-refractivity contribution in [2.75, 3.05) is 25.0 Å². The Morgan fingerprint density at radius 3 is 2.78 bits per heavy atom. The number of hydrogen-bond donors (Lipinski definition) is 2. The molecule has 142 valence electrons. The van der Waals surface area contributed by atoms with Gasteiger partial charge < -0.3 is 15.5 Å². The number of carbonyl (C=O) groups excluding carboxylic acids is 1. The first kappa shape index (κ1) is 18.9. The van der Waals surface area contributed by atoms with Crippen LogP contribution in [-0.2, 0) is 17.8 Å². The van der Waals surface area contributed by atoms with Crippen LogP contribution in [0.5, 0.6) is 0 Å². The van der Waals surface area contributed by atoms with Crippen molar-refractivity contribution in [1.82, 2.24) is 15.2 Å². The molecule has 6 nitrogen and oxygen atoms in total. The fourth-order valence-electron chi connectivity index (χ4n) is 3.18. The summed E-state index contributed by atoms with van der Waals surface area (Å²) in [5.74, 6) is 1.38. The zero-order valence-electron chi connectivity index (χ0n) is 16.0. The summed E-state index contributed by atoms with van der Waals surface area (Å²) in [6.07, 6.45) is 1.34. The van der Waals surface area contributed by atoms with E-state index in [1.165, 1.54) is 11.1 Å². The highest BCUT2D eigenvalue weighted by Gasteiger charge is 2.18. The number of rotatable bonds is 5. The first-order chi connectivity index (χ1) is 13.2. The van der Waals surface area contributed by atoms with Gasteiger partial charge in [0.15, 0.2) is 5.96 Å². The van der Waals surface area contributed by atoms with Crippen LogP contribution in [0.25, 0.3) is 0 Å². The van der Waals surface area contributed by atoms with E-state index in [1.54, 1.807) is 6.07 Å². The molecule has 27 heavy (non-hydrogen) atoms. The maximum atomic E-state index is 12.1. The fraction of sp³-hybridized carbons (Fsp3) is 0.381. The minimum Gasteiger partial charge on any atom is -0.357 e. The minimum absolute atomic E-state index is 0.0725. The Morgan fingerprint density at radius 2 is 2.00 bits per heavy atom. The first-order valence-electron chi connectivity index (χ1n) is 9.49. The Bertz CT molecular complexity index is 818. The number of anilines is 1. The van der Waals surface area contributed by atoms with Gasteiger partial charge in [0.05, 0.1) is 6.54 Å². The molecule has 3 rings (SSSR count). The van der Waals surface area contributed by atoms with Crippen molar-refractivity contribution in [3.63, 3.8) is 0 Å². The lowest BCUT2D eigenvalue weighted by Gasteiger charge is -2.31. The standard InChI is InChI=1S/C21H27N5O/c1-3-22-21(26-14-12-17-8-4-5-9-18(17)15-26)23-13-11-20(27)25-19-10-6-7-16(2)24-19/h4-10H,3,11-15H2,1-2H3,(H,22,23)(H,24,25,27). The summed E-state index contributed by atoms with van der Waals surface area (Å²) < 4.78 is 0. The number of carbonyl (C=O) groups is 1. The molecule has 0 atom stereocenters. The molecule has 0 saturated carbocycles. The van der Waals surface area contributed by atoms with E-state index in [0.717, 1.165) is 37.7 Å². The quantitative estimate of drug-likeness (QED) is 0.631. The normalized spacial score (nSPS) is 13.9. The second-order valence-electron chi connectivity index (χ2n) is 6.64. The van der Waals surface area contributed by atoms with Crippen molar-refractivity contribution in [1.29, 1.82) is 0 Å². The van der Waals surface area contributed by atoms with Gasteiger partial charge in [0.25, 0.3) is 0 Å². The van der Waals surface area contributed by atoms with Crippen LogP contribution in [0.4, 0.5) is 5.82 Å². The molecule has 0 saturated heterocycles. The number of nitrogens with one attached hydrogen (secondary N) is 2. The maximum Gasteiger partial charge on any atom is 0.227 e. The third-order valence-electron chi connectivity index (χ3n) is 4.52. The van der Waals surface area contributed by atoms with Gasteiger partial charge in [0.1, 0.15) is 5.82 Å². The zero-order valence-corrected chi connectivity index (χ0v) is 16.0. The highest BCUT2D eigenvalue weighted by atomic mass is 16.1. The number of guanidine groups is 1. The highest BCUT2D eigenvalue weighted by molar-refractivity contribution is 5.90. The van der Waals surface area contributed by atoms with Crippen LogP contribution in [0.3, 0.4) is 0 Å². The molecule has 1 aromatic heterocycles. The summed E-state index contributed by atoms with van der Waals surface area (Å²) in [6, 6.07) is 14.1. The van der Waals surface area contributed by atoms with Gasteiger partial charge in [-0.25, -0.2) is 4.98 Å². The number of pyridine rings is 1. The summed E-state index contributed by atoms with van der Waals surface area (Å²) >= 11 is 0. The first-order valence-corrected chi connectivity index (χ1v) is 9.49. The van der Waals surface area contributed by atoms with E-state index in [0.29, 0.717) is 18.8 Å².